The van der Waals surface area contributed by atoms with Gasteiger partial charge in [0.25, 0.3) is 0 Å². The van der Waals surface area contributed by atoms with Gasteiger partial charge >= 0.3 is 12.0 Å². The fourth-order valence-electron chi connectivity index (χ4n) is 1.41. The average Bonchev–Trinajstić information content (AvgIpc) is 2.26. The number of carbonyl (C=O) groups excluding carboxylic acids is 2. The molecular formula is C11H21N3O4. The summed E-state index contributed by atoms with van der Waals surface area (Å²) < 4.78 is 0. The van der Waals surface area contributed by atoms with E-state index in [0.29, 0.717) is 6.54 Å². The van der Waals surface area contributed by atoms with Crippen LogP contribution < -0.4 is 11.1 Å². The van der Waals surface area contributed by atoms with Gasteiger partial charge in [0.05, 0.1) is 0 Å². The van der Waals surface area contributed by atoms with Crippen LogP contribution in [0.5, 0.6) is 0 Å². The molecule has 0 aromatic carbocycles. The molecule has 104 valence electrons. The van der Waals surface area contributed by atoms with Crippen LogP contribution in [0.4, 0.5) is 4.79 Å². The number of aliphatic carboxylic acids is 1. The fraction of sp³-hybridized carbons (Fsp3) is 0.727. The molecular weight excluding hydrogens is 238 g/mol. The first-order valence-corrected chi connectivity index (χ1v) is 6.00. The zero-order chi connectivity index (χ0) is 14.0. The summed E-state index contributed by atoms with van der Waals surface area (Å²) in [6.45, 7) is 1.62. The zero-order valence-electron chi connectivity index (χ0n) is 10.6. The summed E-state index contributed by atoms with van der Waals surface area (Å²) in [5.41, 5.74) is 4.95. The topological polar surface area (TPSA) is 113 Å². The second-order valence-electron chi connectivity index (χ2n) is 4.01. The van der Waals surface area contributed by atoms with E-state index in [1.165, 1.54) is 0 Å². The number of rotatable bonds is 9. The van der Waals surface area contributed by atoms with E-state index in [2.05, 4.69) is 12.2 Å². The number of unbranched alkanes of at least 4 members (excludes halogenated alkanes) is 3. The third kappa shape index (κ3) is 8.37. The van der Waals surface area contributed by atoms with Crippen molar-refractivity contribution in [2.24, 2.45) is 5.73 Å². The van der Waals surface area contributed by atoms with Crippen LogP contribution in [0.3, 0.4) is 0 Å². The minimum Gasteiger partial charge on any atom is -0.480 e. The van der Waals surface area contributed by atoms with E-state index in [-0.39, 0.29) is 0 Å². The molecule has 0 spiro atoms. The van der Waals surface area contributed by atoms with E-state index >= 15 is 0 Å². The largest absolute Gasteiger partial charge is 0.480 e. The molecule has 0 heterocycles. The molecule has 0 aromatic rings. The van der Waals surface area contributed by atoms with Gasteiger partial charge in [-0.15, -0.1) is 0 Å². The molecule has 0 bridgehead atoms. The summed E-state index contributed by atoms with van der Waals surface area (Å²) in [5.74, 6) is -1.92. The lowest BCUT2D eigenvalue weighted by molar-refractivity contribution is -0.137. The smallest absolute Gasteiger partial charge is 0.323 e. The van der Waals surface area contributed by atoms with Crippen molar-refractivity contribution in [1.29, 1.82) is 0 Å². The van der Waals surface area contributed by atoms with Gasteiger partial charge in [-0.05, 0) is 6.42 Å². The highest BCUT2D eigenvalue weighted by molar-refractivity contribution is 5.85. The molecule has 4 N–H and O–H groups in total. The maximum atomic E-state index is 11.6. The van der Waals surface area contributed by atoms with Gasteiger partial charge in [0.15, 0.2) is 0 Å². The van der Waals surface area contributed by atoms with Crippen molar-refractivity contribution in [3.63, 3.8) is 0 Å². The highest BCUT2D eigenvalue weighted by Crippen LogP contribution is 1.97. The van der Waals surface area contributed by atoms with Crippen LogP contribution in [0.15, 0.2) is 0 Å². The summed E-state index contributed by atoms with van der Waals surface area (Å²) in [5, 5.41) is 11.2. The molecule has 0 fully saturated rings. The molecule has 0 atom stereocenters. The summed E-state index contributed by atoms with van der Waals surface area (Å²) in [6.07, 6.45) is 4.03. The molecule has 0 aromatic heterocycles. The first kappa shape index (κ1) is 16.2. The Morgan fingerprint density at radius 1 is 1.17 bits per heavy atom. The monoisotopic (exact) mass is 259 g/mol. The number of nitrogens with one attached hydrogen (secondary N) is 1. The van der Waals surface area contributed by atoms with Gasteiger partial charge in [-0.1, -0.05) is 26.2 Å². The van der Waals surface area contributed by atoms with E-state index in [4.69, 9.17) is 10.8 Å². The first-order chi connectivity index (χ1) is 8.47. The predicted molar refractivity (Wildman–Crippen MR) is 65.9 cm³/mol. The van der Waals surface area contributed by atoms with Gasteiger partial charge in [-0.2, -0.15) is 0 Å². The van der Waals surface area contributed by atoms with Gasteiger partial charge in [-0.3, -0.25) is 9.59 Å². The summed E-state index contributed by atoms with van der Waals surface area (Å²) >= 11 is 0. The third-order valence-electron chi connectivity index (χ3n) is 2.27. The molecule has 18 heavy (non-hydrogen) atoms. The summed E-state index contributed by atoms with van der Waals surface area (Å²) in [6, 6.07) is -0.576. The molecule has 0 aliphatic heterocycles. The van der Waals surface area contributed by atoms with Crippen LogP contribution in [-0.4, -0.2) is 47.5 Å². The first-order valence-electron chi connectivity index (χ1n) is 6.00. The Balaban J connectivity index is 4.04. The fourth-order valence-corrected chi connectivity index (χ4v) is 1.41. The van der Waals surface area contributed by atoms with Crippen LogP contribution >= 0.6 is 0 Å². The average molecular weight is 259 g/mol. The van der Waals surface area contributed by atoms with Crippen molar-refractivity contribution in [2.75, 3.05) is 19.6 Å². The number of carboxylic acids is 1. The molecule has 0 rings (SSSR count). The van der Waals surface area contributed by atoms with Gasteiger partial charge in [0, 0.05) is 6.54 Å². The number of urea groups is 1. The van der Waals surface area contributed by atoms with Gasteiger partial charge in [-0.25, -0.2) is 4.79 Å². The van der Waals surface area contributed by atoms with Crippen molar-refractivity contribution >= 4 is 17.9 Å². The lowest BCUT2D eigenvalue weighted by atomic mass is 10.2. The molecule has 7 heteroatoms. The van der Waals surface area contributed by atoms with Crippen molar-refractivity contribution in [1.82, 2.24) is 10.2 Å². The lowest BCUT2D eigenvalue weighted by Crippen LogP contribution is -2.46. The molecule has 7 nitrogen and oxygen atoms in total. The highest BCUT2D eigenvalue weighted by atomic mass is 16.4. The zero-order valence-corrected chi connectivity index (χ0v) is 10.6. The maximum Gasteiger partial charge on any atom is 0.323 e. The number of hydrogen-bond donors (Lipinski definition) is 3. The van der Waals surface area contributed by atoms with E-state index < -0.39 is 31.0 Å². The standard InChI is InChI=1S/C11H21N3O4/c1-2-3-4-5-6-13-11(18)14(7-9(12)15)8-10(16)17/h2-8H2,1H3,(H2,12,15)(H,13,18)(H,16,17). The highest BCUT2D eigenvalue weighted by Gasteiger charge is 2.17. The van der Waals surface area contributed by atoms with Crippen molar-refractivity contribution < 1.29 is 19.5 Å². The second-order valence-corrected chi connectivity index (χ2v) is 4.01. The molecule has 0 saturated heterocycles. The molecule has 0 radical (unpaired) electrons. The lowest BCUT2D eigenvalue weighted by Gasteiger charge is -2.19. The Bertz CT molecular complexity index is 278. The van der Waals surface area contributed by atoms with Crippen molar-refractivity contribution in [3.8, 4) is 0 Å². The Hall–Kier alpha value is -1.79. The van der Waals surface area contributed by atoms with Gasteiger partial charge in [0.2, 0.25) is 5.91 Å². The van der Waals surface area contributed by atoms with Crippen LogP contribution in [0, 0.1) is 0 Å². The molecule has 3 amide bonds. The number of hydrogen-bond acceptors (Lipinski definition) is 3. The van der Waals surface area contributed by atoms with E-state index in [1.807, 2.05) is 0 Å². The van der Waals surface area contributed by atoms with E-state index in [1.54, 1.807) is 0 Å². The van der Waals surface area contributed by atoms with E-state index in [9.17, 15) is 14.4 Å². The summed E-state index contributed by atoms with van der Waals surface area (Å²) in [4.78, 5) is 33.7. The Morgan fingerprint density at radius 3 is 2.33 bits per heavy atom. The maximum absolute atomic E-state index is 11.6. The van der Waals surface area contributed by atoms with Crippen LogP contribution in [0.2, 0.25) is 0 Å². The van der Waals surface area contributed by atoms with Crippen LogP contribution in [0.25, 0.3) is 0 Å². The van der Waals surface area contributed by atoms with Crippen molar-refractivity contribution in [3.05, 3.63) is 0 Å². The third-order valence-corrected chi connectivity index (χ3v) is 2.27. The van der Waals surface area contributed by atoms with Crippen LogP contribution in [0.1, 0.15) is 32.6 Å². The number of nitrogens with two attached hydrogens (primary N) is 1. The second kappa shape index (κ2) is 9.26. The van der Waals surface area contributed by atoms with Crippen LogP contribution in [-0.2, 0) is 9.59 Å². The molecule has 0 aliphatic carbocycles. The Morgan fingerprint density at radius 2 is 1.83 bits per heavy atom. The number of carbonyl (C=O) groups is 3. The van der Waals surface area contributed by atoms with Gasteiger partial charge < -0.3 is 21.1 Å². The summed E-state index contributed by atoms with van der Waals surface area (Å²) in [7, 11) is 0. The Kier molecular flexibility index (Phi) is 8.34. The number of amides is 3. The SMILES string of the molecule is CCCCCCNC(=O)N(CC(N)=O)CC(=O)O. The minimum absolute atomic E-state index is 0.396. The Labute approximate surface area is 106 Å². The molecule has 0 saturated carbocycles. The van der Waals surface area contributed by atoms with Crippen molar-refractivity contribution in [2.45, 2.75) is 32.6 Å². The quantitative estimate of drug-likeness (QED) is 0.511. The van der Waals surface area contributed by atoms with Gasteiger partial charge in [0.1, 0.15) is 13.1 Å². The number of nitrogens with zero attached hydrogens (tertiary/aromatic N) is 1. The molecule has 0 aliphatic rings. The predicted octanol–water partition coefficient (Wildman–Crippen LogP) is 0.148. The molecule has 0 unspecified atom stereocenters. The minimum atomic E-state index is -1.18. The number of primary amides is 1. The normalized spacial score (nSPS) is 9.83. The van der Waals surface area contributed by atoms with E-state index in [0.717, 1.165) is 30.6 Å². The number of carboxylic acid groups (broad SMARTS) is 1.